The Balaban J connectivity index is 2.16. The van der Waals surface area contributed by atoms with Crippen molar-refractivity contribution in [2.45, 2.75) is 25.8 Å². The molecule has 2 aromatic carbocycles. The molecule has 0 radical (unpaired) electrons. The number of aliphatic carboxylic acids is 1. The van der Waals surface area contributed by atoms with Crippen LogP contribution in [0.25, 0.3) is 0 Å². The second kappa shape index (κ2) is 12.3. The smallest absolute Gasteiger partial charge is 0.313 e. The van der Waals surface area contributed by atoms with Crippen molar-refractivity contribution in [2.75, 3.05) is 32.3 Å². The van der Waals surface area contributed by atoms with Crippen molar-refractivity contribution < 1.29 is 28.6 Å². The van der Waals surface area contributed by atoms with Crippen molar-refractivity contribution in [3.8, 4) is 11.5 Å². The van der Waals surface area contributed by atoms with E-state index in [1.54, 1.807) is 38.5 Å². The fraction of sp³-hybridized carbons (Fsp3) is 0.391. The van der Waals surface area contributed by atoms with Gasteiger partial charge in [-0.1, -0.05) is 12.1 Å². The Bertz CT molecular complexity index is 863. The van der Waals surface area contributed by atoms with Crippen molar-refractivity contribution in [2.24, 2.45) is 0 Å². The normalized spacial score (nSPS) is 11.7. The predicted octanol–water partition coefficient (Wildman–Crippen LogP) is 3.74. The Hall–Kier alpha value is -2.58. The number of carbonyl (C=O) groups is 2. The summed E-state index contributed by atoms with van der Waals surface area (Å²) in [6, 6.07) is 9.12. The van der Waals surface area contributed by atoms with Gasteiger partial charge in [-0.05, 0) is 49.6 Å². The molecule has 2 N–H and O–H groups in total. The van der Waals surface area contributed by atoms with Crippen molar-refractivity contribution in [3.63, 3.8) is 0 Å². The molecule has 0 saturated heterocycles. The van der Waals surface area contributed by atoms with Crippen LogP contribution in [0.5, 0.6) is 11.5 Å². The van der Waals surface area contributed by atoms with Gasteiger partial charge in [-0.25, -0.2) is 4.39 Å². The van der Waals surface area contributed by atoms with Crippen molar-refractivity contribution >= 4 is 23.5 Å². The van der Waals surface area contributed by atoms with Crippen LogP contribution in [-0.2, 0) is 11.2 Å². The lowest BCUT2D eigenvalue weighted by molar-refractivity contribution is -0.133. The number of methoxy groups -OCH3 is 2. The summed E-state index contributed by atoms with van der Waals surface area (Å²) in [7, 11) is 3.08. The van der Waals surface area contributed by atoms with E-state index < -0.39 is 12.0 Å². The number of carboxylic acids is 1. The summed E-state index contributed by atoms with van der Waals surface area (Å²) in [4.78, 5) is 24.0. The van der Waals surface area contributed by atoms with Gasteiger partial charge in [0.25, 0.3) is 0 Å². The standard InChI is InChI=1S/C23H28FNO5S/c1-15-20(29-2)12-17(13-21(15)30-3)23(28)19(25-10-11-31-14-22(26)27)9-6-16-4-7-18(24)8-5-16/h4-5,7-8,12-13,19,25H,6,9-11,14H2,1-3H3,(H,26,27). The molecule has 8 heteroatoms. The zero-order valence-corrected chi connectivity index (χ0v) is 18.8. The lowest BCUT2D eigenvalue weighted by Gasteiger charge is -2.19. The number of hydrogen-bond acceptors (Lipinski definition) is 6. The van der Waals surface area contributed by atoms with E-state index in [9.17, 15) is 14.0 Å². The highest BCUT2D eigenvalue weighted by molar-refractivity contribution is 7.99. The Kier molecular flexibility index (Phi) is 9.81. The molecule has 0 spiro atoms. The summed E-state index contributed by atoms with van der Waals surface area (Å²) in [5.41, 5.74) is 2.21. The summed E-state index contributed by atoms with van der Waals surface area (Å²) in [5, 5.41) is 12.0. The molecule has 1 unspecified atom stereocenters. The van der Waals surface area contributed by atoms with E-state index in [0.29, 0.717) is 42.2 Å². The van der Waals surface area contributed by atoms with Gasteiger partial charge in [-0.2, -0.15) is 0 Å². The average molecular weight is 450 g/mol. The first kappa shape index (κ1) is 24.7. The monoisotopic (exact) mass is 449 g/mol. The third-order valence-corrected chi connectivity index (χ3v) is 5.79. The van der Waals surface area contributed by atoms with E-state index in [4.69, 9.17) is 14.6 Å². The first-order valence-electron chi connectivity index (χ1n) is 9.90. The molecule has 0 aliphatic heterocycles. The molecule has 0 aliphatic rings. The van der Waals surface area contributed by atoms with Crippen LogP contribution >= 0.6 is 11.8 Å². The number of nitrogens with one attached hydrogen (secondary N) is 1. The quantitative estimate of drug-likeness (QED) is 0.356. The number of aryl methyl sites for hydroxylation is 1. The van der Waals surface area contributed by atoms with Gasteiger partial charge < -0.3 is 19.9 Å². The van der Waals surface area contributed by atoms with E-state index in [0.717, 1.165) is 11.1 Å². The predicted molar refractivity (Wildman–Crippen MR) is 120 cm³/mol. The van der Waals surface area contributed by atoms with E-state index in [1.165, 1.54) is 23.9 Å². The third kappa shape index (κ3) is 7.56. The van der Waals surface area contributed by atoms with Crippen molar-refractivity contribution in [1.29, 1.82) is 0 Å². The summed E-state index contributed by atoms with van der Waals surface area (Å²) >= 11 is 1.29. The maximum absolute atomic E-state index is 13.3. The van der Waals surface area contributed by atoms with Gasteiger partial charge in [0.1, 0.15) is 17.3 Å². The van der Waals surface area contributed by atoms with Crippen LogP contribution < -0.4 is 14.8 Å². The number of benzene rings is 2. The van der Waals surface area contributed by atoms with E-state index in [-0.39, 0.29) is 17.4 Å². The number of halogens is 1. The molecule has 6 nitrogen and oxygen atoms in total. The number of rotatable bonds is 13. The van der Waals surface area contributed by atoms with Gasteiger partial charge in [-0.15, -0.1) is 11.8 Å². The minimum atomic E-state index is -0.868. The fourth-order valence-corrected chi connectivity index (χ4v) is 3.76. The largest absolute Gasteiger partial charge is 0.496 e. The number of ketones is 1. The average Bonchev–Trinajstić information content (AvgIpc) is 2.76. The van der Waals surface area contributed by atoms with Crippen LogP contribution in [0.15, 0.2) is 36.4 Å². The SMILES string of the molecule is COc1cc(C(=O)C(CCc2ccc(F)cc2)NCCSCC(=O)O)cc(OC)c1C. The summed E-state index contributed by atoms with van der Waals surface area (Å²) in [6.07, 6.45) is 1.10. The highest BCUT2D eigenvalue weighted by Gasteiger charge is 2.22. The number of carboxylic acid groups (broad SMARTS) is 1. The molecule has 0 fully saturated rings. The molecule has 0 amide bonds. The number of hydrogen-bond donors (Lipinski definition) is 2. The van der Waals surface area contributed by atoms with Gasteiger partial charge in [0.2, 0.25) is 0 Å². The first-order chi connectivity index (χ1) is 14.8. The third-order valence-electron chi connectivity index (χ3n) is 4.85. The molecule has 2 rings (SSSR count). The van der Waals surface area contributed by atoms with E-state index in [1.807, 2.05) is 6.92 Å². The molecule has 31 heavy (non-hydrogen) atoms. The first-order valence-corrected chi connectivity index (χ1v) is 11.0. The second-order valence-electron chi connectivity index (χ2n) is 6.99. The molecule has 0 bridgehead atoms. The lowest BCUT2D eigenvalue weighted by atomic mass is 9.96. The number of carbonyl (C=O) groups excluding carboxylic acids is 1. The zero-order chi connectivity index (χ0) is 22.8. The van der Waals surface area contributed by atoms with E-state index in [2.05, 4.69) is 5.32 Å². The molecule has 0 saturated carbocycles. The van der Waals surface area contributed by atoms with Gasteiger partial charge in [0, 0.05) is 23.4 Å². The molecule has 0 aliphatic carbocycles. The molecular formula is C23H28FNO5S. The van der Waals surface area contributed by atoms with Crippen molar-refractivity contribution in [1.82, 2.24) is 5.32 Å². The Morgan fingerprint density at radius 2 is 1.74 bits per heavy atom. The maximum atomic E-state index is 13.3. The van der Waals surface area contributed by atoms with Crippen molar-refractivity contribution in [3.05, 3.63) is 58.9 Å². The Morgan fingerprint density at radius 1 is 1.13 bits per heavy atom. The molecular weight excluding hydrogens is 421 g/mol. The second-order valence-corrected chi connectivity index (χ2v) is 8.09. The van der Waals surface area contributed by atoms with Crippen LogP contribution in [0.3, 0.4) is 0 Å². The van der Waals surface area contributed by atoms with Gasteiger partial charge in [0.05, 0.1) is 26.0 Å². The number of thioether (sulfide) groups is 1. The highest BCUT2D eigenvalue weighted by Crippen LogP contribution is 2.30. The molecule has 2 aromatic rings. The maximum Gasteiger partial charge on any atom is 0.313 e. The summed E-state index contributed by atoms with van der Waals surface area (Å²) in [6.45, 7) is 2.34. The van der Waals surface area contributed by atoms with Crippen LogP contribution in [0, 0.1) is 12.7 Å². The zero-order valence-electron chi connectivity index (χ0n) is 17.9. The highest BCUT2D eigenvalue weighted by atomic mass is 32.2. The van der Waals surface area contributed by atoms with Crippen LogP contribution in [0.1, 0.15) is 27.9 Å². The Morgan fingerprint density at radius 3 is 2.29 bits per heavy atom. The number of Topliss-reactive ketones (excluding diaryl/α,β-unsaturated/α-hetero) is 1. The molecule has 168 valence electrons. The fourth-order valence-electron chi connectivity index (χ4n) is 3.18. The minimum absolute atomic E-state index is 0.0161. The van der Waals surface area contributed by atoms with Gasteiger partial charge in [0.15, 0.2) is 5.78 Å². The molecule has 0 heterocycles. The number of ether oxygens (including phenoxy) is 2. The topological polar surface area (TPSA) is 84.9 Å². The Labute approximate surface area is 186 Å². The molecule has 0 aromatic heterocycles. The lowest BCUT2D eigenvalue weighted by Crippen LogP contribution is -2.38. The summed E-state index contributed by atoms with van der Waals surface area (Å²) < 4.78 is 23.9. The molecule has 1 atom stereocenters. The summed E-state index contributed by atoms with van der Waals surface area (Å²) in [5.74, 6) is 0.433. The van der Waals surface area contributed by atoms with Gasteiger partial charge >= 0.3 is 5.97 Å². The van der Waals surface area contributed by atoms with Crippen LogP contribution in [-0.4, -0.2) is 55.2 Å². The minimum Gasteiger partial charge on any atom is -0.496 e. The van der Waals surface area contributed by atoms with Crippen LogP contribution in [0.4, 0.5) is 4.39 Å². The van der Waals surface area contributed by atoms with E-state index >= 15 is 0 Å². The van der Waals surface area contributed by atoms with Gasteiger partial charge in [-0.3, -0.25) is 9.59 Å². The van der Waals surface area contributed by atoms with Crippen LogP contribution in [0.2, 0.25) is 0 Å².